The van der Waals surface area contributed by atoms with Crippen molar-refractivity contribution in [2.75, 3.05) is 25.6 Å². The summed E-state index contributed by atoms with van der Waals surface area (Å²) in [5.41, 5.74) is 7.03. The second-order valence-corrected chi connectivity index (χ2v) is 5.49. The molecule has 0 radical (unpaired) electrons. The lowest BCUT2D eigenvalue weighted by Crippen LogP contribution is -2.07. The highest BCUT2D eigenvalue weighted by atomic mass is 16.5. The number of aromatic nitrogens is 4. The third-order valence-corrected chi connectivity index (χ3v) is 3.67. The normalized spacial score (nSPS) is 9.89. The highest BCUT2D eigenvalue weighted by molar-refractivity contribution is 5.76. The van der Waals surface area contributed by atoms with Gasteiger partial charge in [0.15, 0.2) is 17.8 Å². The maximum atomic E-state index is 6.91. The van der Waals surface area contributed by atoms with E-state index < -0.39 is 0 Å². The first-order valence-electron chi connectivity index (χ1n) is 8.27. The summed E-state index contributed by atoms with van der Waals surface area (Å²) in [6.45, 7) is 7.98. The minimum Gasteiger partial charge on any atom is -0.496 e. The first kappa shape index (κ1) is 20.7. The van der Waals surface area contributed by atoms with Gasteiger partial charge in [0.2, 0.25) is 0 Å². The zero-order valence-corrected chi connectivity index (χ0v) is 14.8. The molecule has 146 valence electrons. The first-order chi connectivity index (χ1) is 13.2. The highest BCUT2D eigenvalue weighted by Crippen LogP contribution is 2.38. The van der Waals surface area contributed by atoms with Crippen LogP contribution in [0.5, 0.6) is 11.5 Å². The molecule has 2 aromatic heterocycles. The number of aromatic amines is 1. The van der Waals surface area contributed by atoms with Crippen molar-refractivity contribution >= 4 is 17.5 Å². The Kier molecular flexibility index (Phi) is 7.30. The fourth-order valence-corrected chi connectivity index (χ4v) is 2.42. The molecule has 0 spiro atoms. The zero-order valence-electron chi connectivity index (χ0n) is 14.8. The van der Waals surface area contributed by atoms with E-state index in [1.807, 2.05) is 24.3 Å². The number of rotatable bonds is 8. The number of ether oxygens (including phenoxy) is 2. The lowest BCUT2D eigenvalue weighted by molar-refractivity contribution is 0.312. The van der Waals surface area contributed by atoms with Crippen LogP contribution in [-0.4, -0.2) is 40.4 Å². The molecular weight excluding hydrogens is 358 g/mol. The fourth-order valence-electron chi connectivity index (χ4n) is 2.42. The van der Waals surface area contributed by atoms with Crippen LogP contribution in [0.3, 0.4) is 0 Å². The largest absolute Gasteiger partial charge is 0.496 e. The molecule has 0 bridgehead atoms. The Morgan fingerprint density at radius 1 is 1.21 bits per heavy atom. The van der Waals surface area contributed by atoms with E-state index >= 15 is 0 Å². The van der Waals surface area contributed by atoms with Crippen molar-refractivity contribution in [2.24, 2.45) is 5.73 Å². The number of H-pyrrole nitrogens is 1. The van der Waals surface area contributed by atoms with Gasteiger partial charge in [-0.05, 0) is 25.1 Å². The van der Waals surface area contributed by atoms with Gasteiger partial charge in [0.05, 0.1) is 31.2 Å². The van der Waals surface area contributed by atoms with Crippen LogP contribution in [-0.2, 0) is 0 Å². The monoisotopic (exact) mass is 381 g/mol. The molecule has 9 nitrogen and oxygen atoms in total. The number of benzene rings is 1. The molecule has 0 atom stereocenters. The van der Waals surface area contributed by atoms with Gasteiger partial charge in [0.1, 0.15) is 11.5 Å². The first-order valence-corrected chi connectivity index (χ1v) is 8.27. The second-order valence-electron chi connectivity index (χ2n) is 5.49. The van der Waals surface area contributed by atoms with Gasteiger partial charge in [-0.25, -0.2) is 4.98 Å². The summed E-state index contributed by atoms with van der Waals surface area (Å²) in [6, 6.07) is 7.41. The molecule has 0 amide bonds. The molecule has 28 heavy (non-hydrogen) atoms. The van der Waals surface area contributed by atoms with Crippen LogP contribution in [0, 0.1) is 6.57 Å². The molecule has 4 N–H and O–H groups in total. The molecule has 2 heterocycles. The number of hydrogen-bond acceptors (Lipinski definition) is 7. The summed E-state index contributed by atoms with van der Waals surface area (Å²) in [5.74, 6) is 2.61. The Hall–Kier alpha value is -3.64. The van der Waals surface area contributed by atoms with Crippen LogP contribution in [0.25, 0.3) is 16.1 Å². The number of nitrogens with zero attached hydrogens (tertiary/aromatic N) is 4. The minimum atomic E-state index is 0. The highest BCUT2D eigenvalue weighted by Gasteiger charge is 2.16. The van der Waals surface area contributed by atoms with E-state index in [1.165, 1.54) is 12.4 Å². The lowest BCUT2D eigenvalue weighted by Gasteiger charge is -2.13. The van der Waals surface area contributed by atoms with Gasteiger partial charge in [0.25, 0.3) is 5.82 Å². The predicted octanol–water partition coefficient (Wildman–Crippen LogP) is 3.53. The number of anilines is 2. The van der Waals surface area contributed by atoms with Crippen molar-refractivity contribution in [3.63, 3.8) is 0 Å². The van der Waals surface area contributed by atoms with E-state index in [4.69, 9.17) is 21.8 Å². The number of methoxy groups -OCH3 is 1. The predicted molar refractivity (Wildman–Crippen MR) is 108 cm³/mol. The zero-order chi connectivity index (χ0) is 19.1. The van der Waals surface area contributed by atoms with Crippen LogP contribution < -0.4 is 20.5 Å². The van der Waals surface area contributed by atoms with Crippen LogP contribution in [0.1, 0.15) is 13.8 Å². The Labute approximate surface area is 163 Å². The smallest absolute Gasteiger partial charge is 0.288 e. The van der Waals surface area contributed by atoms with E-state index in [2.05, 4.69) is 30.3 Å². The van der Waals surface area contributed by atoms with Gasteiger partial charge < -0.3 is 25.4 Å². The van der Waals surface area contributed by atoms with Crippen molar-refractivity contribution in [3.05, 3.63) is 48.1 Å². The number of hydrogen-bond donors (Lipinski definition) is 3. The molecular formula is C19H23N7O2. The molecule has 0 saturated carbocycles. The summed E-state index contributed by atoms with van der Waals surface area (Å²) in [6.07, 6.45) is 3.63. The quantitative estimate of drug-likeness (QED) is 0.404. The van der Waals surface area contributed by atoms with E-state index in [-0.39, 0.29) is 13.2 Å². The summed E-state index contributed by atoms with van der Waals surface area (Å²) in [4.78, 5) is 11.3. The average Bonchev–Trinajstić information content (AvgIpc) is 3.16. The van der Waals surface area contributed by atoms with Crippen molar-refractivity contribution < 1.29 is 9.47 Å². The van der Waals surface area contributed by atoms with Gasteiger partial charge >= 0.3 is 0 Å². The van der Waals surface area contributed by atoms with E-state index in [9.17, 15) is 0 Å². The molecule has 0 aliphatic carbocycles. The maximum absolute atomic E-state index is 6.91. The van der Waals surface area contributed by atoms with E-state index in [1.54, 1.807) is 7.11 Å². The molecule has 0 saturated heterocycles. The summed E-state index contributed by atoms with van der Waals surface area (Å²) < 4.78 is 11.3. The van der Waals surface area contributed by atoms with Crippen molar-refractivity contribution in [1.82, 2.24) is 20.2 Å². The maximum Gasteiger partial charge on any atom is 0.288 e. The number of nitrogens with two attached hydrogens (primary N) is 1. The van der Waals surface area contributed by atoms with Gasteiger partial charge in [-0.1, -0.05) is 20.1 Å². The van der Waals surface area contributed by atoms with Gasteiger partial charge in [0, 0.05) is 6.07 Å². The average molecular weight is 381 g/mol. The molecule has 3 aromatic rings. The van der Waals surface area contributed by atoms with Gasteiger partial charge in [-0.2, -0.15) is 5.10 Å². The topological polar surface area (TPSA) is 115 Å². The van der Waals surface area contributed by atoms with Crippen LogP contribution in [0.2, 0.25) is 0 Å². The summed E-state index contributed by atoms with van der Waals surface area (Å²) in [7, 11) is 1.60. The Bertz CT molecular complexity index is 932. The second kappa shape index (κ2) is 9.89. The van der Waals surface area contributed by atoms with Crippen LogP contribution >= 0.6 is 0 Å². The Morgan fingerprint density at radius 2 is 2.04 bits per heavy atom. The Morgan fingerprint density at radius 3 is 2.71 bits per heavy atom. The summed E-state index contributed by atoms with van der Waals surface area (Å²) in [5, 5.41) is 10.3. The molecule has 3 rings (SSSR count). The number of nitrogens with one attached hydrogen (secondary N) is 2. The van der Waals surface area contributed by atoms with Crippen molar-refractivity contribution in [2.45, 2.75) is 13.8 Å². The molecule has 0 unspecified atom stereocenters. The molecule has 0 aliphatic rings. The Balaban J connectivity index is 0.00000280. The molecule has 0 aliphatic heterocycles. The fraction of sp³-hybridized carbons (Fsp3) is 0.263. The lowest BCUT2D eigenvalue weighted by atomic mass is 10.1. The standard InChI is InChI=1S/C18H19N7O2.CH4/c1-20-16-10-22-17(11-21-16)23-15-9-12(24-25-15)18-13(26-2)5-3-6-14(18)27-8-4-7-19;/h3,5-6,9-11H,4,7-8,19H2,2H3,(H2,22,23,24,25);1H4. The SMILES string of the molecule is C.[C-]#[N+]c1cnc(Nc2cc(-c3c(OC)cccc3OCCCN)[nH]n2)cn1. The van der Waals surface area contributed by atoms with Crippen molar-refractivity contribution in [1.29, 1.82) is 0 Å². The third kappa shape index (κ3) is 4.75. The summed E-state index contributed by atoms with van der Waals surface area (Å²) >= 11 is 0. The minimum absolute atomic E-state index is 0. The van der Waals surface area contributed by atoms with Gasteiger partial charge in [-0.15, -0.1) is 4.98 Å². The third-order valence-electron chi connectivity index (χ3n) is 3.67. The van der Waals surface area contributed by atoms with Crippen LogP contribution in [0.4, 0.5) is 17.5 Å². The van der Waals surface area contributed by atoms with Crippen LogP contribution in [0.15, 0.2) is 36.7 Å². The molecule has 0 fully saturated rings. The molecule has 9 heteroatoms. The molecule has 1 aromatic carbocycles. The van der Waals surface area contributed by atoms with Crippen molar-refractivity contribution in [3.8, 4) is 22.8 Å². The van der Waals surface area contributed by atoms with Gasteiger partial charge in [-0.3, -0.25) is 5.10 Å². The van der Waals surface area contributed by atoms with E-state index in [0.717, 1.165) is 17.7 Å². The van der Waals surface area contributed by atoms with E-state index in [0.29, 0.717) is 36.3 Å².